The minimum atomic E-state index is -0.255. The van der Waals surface area contributed by atoms with E-state index in [0.29, 0.717) is 6.42 Å². The Morgan fingerprint density at radius 2 is 2.42 bits per heavy atom. The van der Waals surface area contributed by atoms with Gasteiger partial charge in [-0.1, -0.05) is 6.07 Å². The van der Waals surface area contributed by atoms with Gasteiger partial charge in [0, 0.05) is 5.69 Å². The van der Waals surface area contributed by atoms with Crippen molar-refractivity contribution >= 4 is 0 Å². The molecular formula is C9H11N3. The van der Waals surface area contributed by atoms with E-state index < -0.39 is 0 Å². The highest BCUT2D eigenvalue weighted by Crippen LogP contribution is 2.10. The predicted molar refractivity (Wildman–Crippen MR) is 46.1 cm³/mol. The summed E-state index contributed by atoms with van der Waals surface area (Å²) in [5.74, 6) is 0. The number of aryl methyl sites for hydroxylation is 1. The first-order chi connectivity index (χ1) is 5.74. The molecule has 0 unspecified atom stereocenters. The third kappa shape index (κ3) is 2.04. The third-order valence-electron chi connectivity index (χ3n) is 1.60. The van der Waals surface area contributed by atoms with Gasteiger partial charge in [0.15, 0.2) is 0 Å². The molecule has 0 radical (unpaired) electrons. The van der Waals surface area contributed by atoms with Crippen LogP contribution in [0.4, 0.5) is 0 Å². The van der Waals surface area contributed by atoms with Crippen molar-refractivity contribution in [2.45, 2.75) is 19.4 Å². The van der Waals surface area contributed by atoms with Crippen LogP contribution in [0.2, 0.25) is 0 Å². The molecule has 3 nitrogen and oxygen atoms in total. The van der Waals surface area contributed by atoms with Crippen molar-refractivity contribution in [3.8, 4) is 6.07 Å². The molecular weight excluding hydrogens is 150 g/mol. The summed E-state index contributed by atoms with van der Waals surface area (Å²) < 4.78 is 0. The molecule has 1 aromatic rings. The Hall–Kier alpha value is -1.40. The summed E-state index contributed by atoms with van der Waals surface area (Å²) in [6.07, 6.45) is 0.316. The summed E-state index contributed by atoms with van der Waals surface area (Å²) in [4.78, 5) is 4.22. The zero-order valence-electron chi connectivity index (χ0n) is 6.99. The lowest BCUT2D eigenvalue weighted by Gasteiger charge is -2.06. The van der Waals surface area contributed by atoms with E-state index in [1.807, 2.05) is 31.2 Å². The van der Waals surface area contributed by atoms with Crippen molar-refractivity contribution in [2.24, 2.45) is 5.73 Å². The lowest BCUT2D eigenvalue weighted by molar-refractivity contribution is 0.716. The molecule has 1 heterocycles. The van der Waals surface area contributed by atoms with Crippen molar-refractivity contribution in [3.63, 3.8) is 0 Å². The van der Waals surface area contributed by atoms with Crippen molar-refractivity contribution in [3.05, 3.63) is 29.6 Å². The molecule has 3 heteroatoms. The Balaban J connectivity index is 2.82. The Labute approximate surface area is 71.8 Å². The summed E-state index contributed by atoms with van der Waals surface area (Å²) in [6.45, 7) is 1.91. The average Bonchev–Trinajstić information content (AvgIpc) is 2.05. The van der Waals surface area contributed by atoms with Crippen LogP contribution in [0.25, 0.3) is 0 Å². The van der Waals surface area contributed by atoms with Crippen LogP contribution in [-0.2, 0) is 0 Å². The summed E-state index contributed by atoms with van der Waals surface area (Å²) in [5.41, 5.74) is 7.41. The largest absolute Gasteiger partial charge is 0.322 e. The fraction of sp³-hybridized carbons (Fsp3) is 0.333. The van der Waals surface area contributed by atoms with Crippen LogP contribution in [-0.4, -0.2) is 4.98 Å². The molecule has 1 aromatic heterocycles. The van der Waals surface area contributed by atoms with Gasteiger partial charge in [-0.15, -0.1) is 0 Å². The van der Waals surface area contributed by atoms with Crippen molar-refractivity contribution < 1.29 is 0 Å². The Kier molecular flexibility index (Phi) is 2.78. The second-order valence-electron chi connectivity index (χ2n) is 2.67. The zero-order chi connectivity index (χ0) is 8.97. The molecule has 0 saturated carbocycles. The average molecular weight is 161 g/mol. The van der Waals surface area contributed by atoms with Gasteiger partial charge in [-0.3, -0.25) is 4.98 Å². The van der Waals surface area contributed by atoms with Crippen LogP contribution in [0, 0.1) is 18.3 Å². The molecule has 0 spiro atoms. The standard InChI is InChI=1S/C9H11N3/c1-7-3-2-4-9(12-7)8(11)5-6-10/h2-4,8H,5,11H2,1H3/t8-/m0/s1. The molecule has 0 aliphatic carbocycles. The number of nitrogens with zero attached hydrogens (tertiary/aromatic N) is 2. The van der Waals surface area contributed by atoms with Crippen LogP contribution in [0.3, 0.4) is 0 Å². The molecule has 0 saturated heterocycles. The zero-order valence-corrected chi connectivity index (χ0v) is 6.99. The van der Waals surface area contributed by atoms with Gasteiger partial charge >= 0.3 is 0 Å². The second kappa shape index (κ2) is 3.84. The van der Waals surface area contributed by atoms with Crippen LogP contribution < -0.4 is 5.73 Å². The van der Waals surface area contributed by atoms with Crippen molar-refractivity contribution in [2.75, 3.05) is 0 Å². The first kappa shape index (κ1) is 8.69. The van der Waals surface area contributed by atoms with Crippen LogP contribution in [0.5, 0.6) is 0 Å². The predicted octanol–water partition coefficient (Wildman–Crippen LogP) is 1.30. The maximum Gasteiger partial charge on any atom is 0.0642 e. The molecule has 12 heavy (non-hydrogen) atoms. The first-order valence-corrected chi connectivity index (χ1v) is 3.80. The molecule has 0 fully saturated rings. The van der Waals surface area contributed by atoms with Crippen LogP contribution in [0.15, 0.2) is 18.2 Å². The summed E-state index contributed by atoms with van der Waals surface area (Å²) >= 11 is 0. The van der Waals surface area contributed by atoms with E-state index in [-0.39, 0.29) is 6.04 Å². The quantitative estimate of drug-likeness (QED) is 0.711. The molecule has 0 bridgehead atoms. The molecule has 0 aromatic carbocycles. The van der Waals surface area contributed by atoms with E-state index in [1.165, 1.54) is 0 Å². The minimum absolute atomic E-state index is 0.255. The highest BCUT2D eigenvalue weighted by atomic mass is 14.8. The van der Waals surface area contributed by atoms with Gasteiger partial charge < -0.3 is 5.73 Å². The highest BCUT2D eigenvalue weighted by Gasteiger charge is 2.05. The fourth-order valence-corrected chi connectivity index (χ4v) is 0.974. The van der Waals surface area contributed by atoms with Gasteiger partial charge in [0.25, 0.3) is 0 Å². The summed E-state index contributed by atoms with van der Waals surface area (Å²) in [5, 5.41) is 8.41. The smallest absolute Gasteiger partial charge is 0.0642 e. The topological polar surface area (TPSA) is 62.7 Å². The van der Waals surface area contributed by atoms with Crippen LogP contribution >= 0.6 is 0 Å². The molecule has 0 aliphatic rings. The van der Waals surface area contributed by atoms with Gasteiger partial charge in [0.2, 0.25) is 0 Å². The monoisotopic (exact) mass is 161 g/mol. The normalized spacial score (nSPS) is 12.1. The lowest BCUT2D eigenvalue weighted by atomic mass is 10.1. The number of hydrogen-bond acceptors (Lipinski definition) is 3. The maximum atomic E-state index is 8.41. The highest BCUT2D eigenvalue weighted by molar-refractivity contribution is 5.13. The number of aromatic nitrogens is 1. The first-order valence-electron chi connectivity index (χ1n) is 3.80. The Morgan fingerprint density at radius 3 is 3.00 bits per heavy atom. The van der Waals surface area contributed by atoms with E-state index in [4.69, 9.17) is 11.0 Å². The second-order valence-corrected chi connectivity index (χ2v) is 2.67. The van der Waals surface area contributed by atoms with E-state index in [0.717, 1.165) is 11.4 Å². The molecule has 0 amide bonds. The molecule has 1 atom stereocenters. The Morgan fingerprint density at radius 1 is 1.67 bits per heavy atom. The fourth-order valence-electron chi connectivity index (χ4n) is 0.974. The van der Waals surface area contributed by atoms with E-state index in [9.17, 15) is 0 Å². The van der Waals surface area contributed by atoms with Crippen molar-refractivity contribution in [1.29, 1.82) is 5.26 Å². The molecule has 1 rings (SSSR count). The Bertz CT molecular complexity index is 301. The van der Waals surface area contributed by atoms with E-state index in [2.05, 4.69) is 4.98 Å². The number of nitrogens with two attached hydrogens (primary N) is 1. The lowest BCUT2D eigenvalue weighted by Crippen LogP contribution is -2.11. The number of rotatable bonds is 2. The van der Waals surface area contributed by atoms with Crippen LogP contribution in [0.1, 0.15) is 23.9 Å². The molecule has 62 valence electrons. The summed E-state index contributed by atoms with van der Waals surface area (Å²) in [6, 6.07) is 7.41. The van der Waals surface area contributed by atoms with E-state index in [1.54, 1.807) is 0 Å². The van der Waals surface area contributed by atoms with Gasteiger partial charge in [-0.2, -0.15) is 5.26 Å². The summed E-state index contributed by atoms with van der Waals surface area (Å²) in [7, 11) is 0. The van der Waals surface area contributed by atoms with Crippen molar-refractivity contribution in [1.82, 2.24) is 4.98 Å². The van der Waals surface area contributed by atoms with E-state index >= 15 is 0 Å². The van der Waals surface area contributed by atoms with Gasteiger partial charge in [-0.05, 0) is 19.1 Å². The number of nitriles is 1. The van der Waals surface area contributed by atoms with Gasteiger partial charge in [0.1, 0.15) is 0 Å². The SMILES string of the molecule is Cc1cccc([C@@H](N)CC#N)n1. The minimum Gasteiger partial charge on any atom is -0.322 e. The van der Waals surface area contributed by atoms with Gasteiger partial charge in [0.05, 0.1) is 24.2 Å². The number of pyridine rings is 1. The third-order valence-corrected chi connectivity index (χ3v) is 1.60. The molecule has 0 aliphatic heterocycles. The maximum absolute atomic E-state index is 8.41. The van der Waals surface area contributed by atoms with Gasteiger partial charge in [-0.25, -0.2) is 0 Å². The number of hydrogen-bond donors (Lipinski definition) is 1. The molecule has 2 N–H and O–H groups in total.